The molecule has 4 rings (SSSR count). The molecule has 0 radical (unpaired) electrons. The summed E-state index contributed by atoms with van der Waals surface area (Å²) in [4.78, 5) is 28.8. The van der Waals surface area contributed by atoms with Gasteiger partial charge in [0.15, 0.2) is 0 Å². The molecule has 0 aliphatic carbocycles. The van der Waals surface area contributed by atoms with Gasteiger partial charge in [0, 0.05) is 37.4 Å². The topological polar surface area (TPSA) is 75.9 Å². The Kier molecular flexibility index (Phi) is 6.88. The number of benzene rings is 3. The van der Waals surface area contributed by atoms with Crippen LogP contribution in [-0.2, 0) is 6.61 Å². The maximum absolute atomic E-state index is 13.2. The number of nitrogens with two attached hydrogens (primary N) is 1. The van der Waals surface area contributed by atoms with Crippen molar-refractivity contribution >= 4 is 17.5 Å². The van der Waals surface area contributed by atoms with Gasteiger partial charge in [-0.2, -0.15) is 0 Å². The minimum absolute atomic E-state index is 0.0321. The maximum Gasteiger partial charge on any atom is 0.253 e. The van der Waals surface area contributed by atoms with Crippen molar-refractivity contribution in [3.8, 4) is 5.75 Å². The number of carbonyl (C=O) groups is 2. The van der Waals surface area contributed by atoms with Crippen LogP contribution in [0.3, 0.4) is 0 Å². The van der Waals surface area contributed by atoms with Crippen LogP contribution in [0.1, 0.15) is 32.7 Å². The predicted molar refractivity (Wildman–Crippen MR) is 125 cm³/mol. The van der Waals surface area contributed by atoms with Gasteiger partial charge in [-0.1, -0.05) is 24.3 Å². The molecule has 1 fully saturated rings. The summed E-state index contributed by atoms with van der Waals surface area (Å²) < 4.78 is 19.0. The first-order chi connectivity index (χ1) is 16.0. The van der Waals surface area contributed by atoms with Gasteiger partial charge in [-0.3, -0.25) is 9.59 Å². The van der Waals surface area contributed by atoms with E-state index in [-0.39, 0.29) is 18.3 Å². The van der Waals surface area contributed by atoms with Gasteiger partial charge in [-0.15, -0.1) is 0 Å². The van der Waals surface area contributed by atoms with Crippen LogP contribution in [0.2, 0.25) is 0 Å². The minimum Gasteiger partial charge on any atom is -0.488 e. The second kappa shape index (κ2) is 10.2. The molecule has 0 unspecified atom stereocenters. The van der Waals surface area contributed by atoms with Gasteiger partial charge < -0.3 is 20.3 Å². The fraction of sp³-hybridized carbons (Fsp3) is 0.231. The molecule has 0 aromatic heterocycles. The normalized spacial score (nSPS) is 14.0. The molecule has 1 heterocycles. The Morgan fingerprint density at radius 1 is 0.909 bits per heavy atom. The van der Waals surface area contributed by atoms with Crippen LogP contribution in [0.4, 0.5) is 10.1 Å². The highest BCUT2D eigenvalue weighted by molar-refractivity contribution is 5.95. The zero-order valence-electron chi connectivity index (χ0n) is 18.2. The van der Waals surface area contributed by atoms with Gasteiger partial charge in [0.1, 0.15) is 18.2 Å². The summed E-state index contributed by atoms with van der Waals surface area (Å²) in [5.74, 6) is -0.428. The molecule has 3 aromatic carbocycles. The number of amides is 2. The fourth-order valence-corrected chi connectivity index (χ4v) is 3.96. The van der Waals surface area contributed by atoms with Gasteiger partial charge in [0.2, 0.25) is 0 Å². The Hall–Kier alpha value is -3.87. The number of carbonyl (C=O) groups excluding carboxylic acids is 2. The van der Waals surface area contributed by atoms with E-state index in [0.29, 0.717) is 36.5 Å². The average Bonchev–Trinajstić information content (AvgIpc) is 3.09. The van der Waals surface area contributed by atoms with Crippen molar-refractivity contribution in [2.75, 3.05) is 31.1 Å². The van der Waals surface area contributed by atoms with Crippen LogP contribution in [0.15, 0.2) is 72.8 Å². The Labute approximate surface area is 192 Å². The second-order valence-electron chi connectivity index (χ2n) is 7.96. The lowest BCUT2D eigenvalue weighted by Crippen LogP contribution is -2.35. The van der Waals surface area contributed by atoms with Crippen molar-refractivity contribution in [1.29, 1.82) is 0 Å². The number of rotatable bonds is 6. The predicted octanol–water partition coefficient (Wildman–Crippen LogP) is 3.86. The Bertz CT molecular complexity index is 1130. The van der Waals surface area contributed by atoms with Crippen LogP contribution in [0.25, 0.3) is 0 Å². The summed E-state index contributed by atoms with van der Waals surface area (Å²) in [6.45, 7) is 2.95. The van der Waals surface area contributed by atoms with Crippen molar-refractivity contribution < 1.29 is 18.7 Å². The zero-order valence-corrected chi connectivity index (χ0v) is 18.2. The summed E-state index contributed by atoms with van der Waals surface area (Å²) in [6, 6.07) is 20.6. The Morgan fingerprint density at radius 3 is 2.48 bits per heavy atom. The van der Waals surface area contributed by atoms with Crippen molar-refractivity contribution in [3.63, 3.8) is 0 Å². The van der Waals surface area contributed by atoms with Crippen molar-refractivity contribution in [3.05, 3.63) is 95.3 Å². The summed E-state index contributed by atoms with van der Waals surface area (Å²) in [5.41, 5.74) is 8.10. The molecule has 3 aromatic rings. The van der Waals surface area contributed by atoms with E-state index in [0.717, 1.165) is 24.2 Å². The highest BCUT2D eigenvalue weighted by Gasteiger charge is 2.21. The standard InChI is InChI=1S/C26H26FN3O3/c27-21-9-11-22(12-10-21)29-13-4-14-30(16-15-29)26(32)20-6-3-5-19(17-20)18-33-24-8-2-1-7-23(24)25(28)31/h1-3,5-12,17H,4,13-16,18H2,(H2,28,31). The molecule has 7 heteroatoms. The van der Waals surface area contributed by atoms with Gasteiger partial charge >= 0.3 is 0 Å². The van der Waals surface area contributed by atoms with E-state index < -0.39 is 5.91 Å². The molecule has 0 bridgehead atoms. The first-order valence-electron chi connectivity index (χ1n) is 10.9. The Balaban J connectivity index is 1.40. The van der Waals surface area contributed by atoms with Crippen LogP contribution in [0.5, 0.6) is 5.75 Å². The molecule has 170 valence electrons. The number of para-hydroxylation sites is 1. The minimum atomic E-state index is -0.551. The number of ether oxygens (including phenoxy) is 1. The third-order valence-corrected chi connectivity index (χ3v) is 5.70. The number of hydrogen-bond donors (Lipinski definition) is 1. The zero-order chi connectivity index (χ0) is 23.2. The molecule has 2 amide bonds. The molecule has 1 aliphatic rings. The van der Waals surface area contributed by atoms with E-state index in [1.54, 1.807) is 42.5 Å². The molecule has 2 N–H and O–H groups in total. The monoisotopic (exact) mass is 447 g/mol. The van der Waals surface area contributed by atoms with Gasteiger partial charge in [-0.05, 0) is 60.5 Å². The molecule has 33 heavy (non-hydrogen) atoms. The third kappa shape index (κ3) is 5.49. The van der Waals surface area contributed by atoms with Crippen molar-refractivity contribution in [2.24, 2.45) is 5.73 Å². The summed E-state index contributed by atoms with van der Waals surface area (Å²) in [7, 11) is 0. The lowest BCUT2D eigenvalue weighted by molar-refractivity contribution is 0.0766. The number of nitrogens with zero attached hydrogens (tertiary/aromatic N) is 2. The first-order valence-corrected chi connectivity index (χ1v) is 10.9. The summed E-state index contributed by atoms with van der Waals surface area (Å²) >= 11 is 0. The highest BCUT2D eigenvalue weighted by Crippen LogP contribution is 2.21. The Morgan fingerprint density at radius 2 is 1.70 bits per heavy atom. The maximum atomic E-state index is 13.2. The highest BCUT2D eigenvalue weighted by atomic mass is 19.1. The quantitative estimate of drug-likeness (QED) is 0.623. The van der Waals surface area contributed by atoms with Crippen molar-refractivity contribution in [2.45, 2.75) is 13.0 Å². The van der Waals surface area contributed by atoms with Gasteiger partial charge in [0.05, 0.1) is 5.56 Å². The summed E-state index contributed by atoms with van der Waals surface area (Å²) in [6.07, 6.45) is 0.829. The van der Waals surface area contributed by atoms with E-state index >= 15 is 0 Å². The first kappa shape index (κ1) is 22.3. The van der Waals surface area contributed by atoms with Crippen LogP contribution in [0, 0.1) is 5.82 Å². The van der Waals surface area contributed by atoms with E-state index in [4.69, 9.17) is 10.5 Å². The number of primary amides is 1. The van der Waals surface area contributed by atoms with Gasteiger partial charge in [-0.25, -0.2) is 4.39 Å². The smallest absolute Gasteiger partial charge is 0.253 e. The molecule has 1 aliphatic heterocycles. The molecule has 0 saturated carbocycles. The summed E-state index contributed by atoms with van der Waals surface area (Å²) in [5, 5.41) is 0. The molecule has 0 spiro atoms. The molecular weight excluding hydrogens is 421 g/mol. The van der Waals surface area contributed by atoms with E-state index in [1.807, 2.05) is 23.1 Å². The van der Waals surface area contributed by atoms with E-state index in [2.05, 4.69) is 4.90 Å². The third-order valence-electron chi connectivity index (χ3n) is 5.70. The van der Waals surface area contributed by atoms with Crippen molar-refractivity contribution in [1.82, 2.24) is 4.90 Å². The lowest BCUT2D eigenvalue weighted by Gasteiger charge is -2.24. The molecule has 1 saturated heterocycles. The second-order valence-corrected chi connectivity index (χ2v) is 7.96. The number of halogens is 1. The van der Waals surface area contributed by atoms with Crippen LogP contribution >= 0.6 is 0 Å². The number of hydrogen-bond acceptors (Lipinski definition) is 4. The van der Waals surface area contributed by atoms with Gasteiger partial charge in [0.25, 0.3) is 11.8 Å². The van der Waals surface area contributed by atoms with E-state index in [1.165, 1.54) is 12.1 Å². The molecule has 6 nitrogen and oxygen atoms in total. The van der Waals surface area contributed by atoms with Crippen LogP contribution < -0.4 is 15.4 Å². The van der Waals surface area contributed by atoms with E-state index in [9.17, 15) is 14.0 Å². The lowest BCUT2D eigenvalue weighted by atomic mass is 10.1. The largest absolute Gasteiger partial charge is 0.488 e. The molecular formula is C26H26FN3O3. The number of anilines is 1. The fourth-order valence-electron chi connectivity index (χ4n) is 3.96. The average molecular weight is 448 g/mol. The molecule has 0 atom stereocenters. The SMILES string of the molecule is NC(=O)c1ccccc1OCc1cccc(C(=O)N2CCCN(c3ccc(F)cc3)CC2)c1. The van der Waals surface area contributed by atoms with Crippen LogP contribution in [-0.4, -0.2) is 42.9 Å².